The van der Waals surface area contributed by atoms with Gasteiger partial charge in [-0.3, -0.25) is 9.89 Å². The fourth-order valence-corrected chi connectivity index (χ4v) is 3.45. The first kappa shape index (κ1) is 18.5. The highest BCUT2D eigenvalue weighted by Crippen LogP contribution is 2.43. The van der Waals surface area contributed by atoms with E-state index in [0.29, 0.717) is 11.3 Å². The van der Waals surface area contributed by atoms with Crippen LogP contribution in [0.3, 0.4) is 0 Å². The molecule has 5 heteroatoms. The average molecular weight is 325 g/mol. The predicted molar refractivity (Wildman–Crippen MR) is 97.0 cm³/mol. The van der Waals surface area contributed by atoms with Crippen molar-refractivity contribution < 1.29 is 4.74 Å². The van der Waals surface area contributed by atoms with E-state index < -0.39 is 0 Å². The number of hydrogen-bond acceptors (Lipinski definition) is 3. The highest BCUT2D eigenvalue weighted by molar-refractivity contribution is 5.79. The van der Waals surface area contributed by atoms with Gasteiger partial charge in [-0.05, 0) is 37.5 Å². The Morgan fingerprint density at radius 1 is 1.22 bits per heavy atom. The van der Waals surface area contributed by atoms with E-state index in [9.17, 15) is 0 Å². The van der Waals surface area contributed by atoms with Crippen molar-refractivity contribution in [3.05, 3.63) is 0 Å². The summed E-state index contributed by atoms with van der Waals surface area (Å²) < 4.78 is 5.42. The molecule has 2 rings (SSSR count). The molecule has 5 nitrogen and oxygen atoms in total. The predicted octanol–water partition coefficient (Wildman–Crippen LogP) is 2.09. The van der Waals surface area contributed by atoms with Gasteiger partial charge in [0.05, 0.1) is 13.2 Å². The van der Waals surface area contributed by atoms with Gasteiger partial charge in [0.25, 0.3) is 0 Å². The fourth-order valence-electron chi connectivity index (χ4n) is 3.45. The van der Waals surface area contributed by atoms with Crippen molar-refractivity contribution in [2.45, 2.75) is 46.5 Å². The molecule has 1 unspecified atom stereocenters. The molecule has 0 radical (unpaired) electrons. The summed E-state index contributed by atoms with van der Waals surface area (Å²) in [4.78, 5) is 7.36. The van der Waals surface area contributed by atoms with Gasteiger partial charge in [-0.2, -0.15) is 0 Å². The zero-order valence-corrected chi connectivity index (χ0v) is 15.4. The summed E-state index contributed by atoms with van der Waals surface area (Å²) in [5, 5.41) is 6.93. The summed E-state index contributed by atoms with van der Waals surface area (Å²) in [7, 11) is 0. The van der Waals surface area contributed by atoms with E-state index in [4.69, 9.17) is 9.73 Å². The molecule has 1 aliphatic carbocycles. The Bertz CT molecular complexity index is 357. The molecule has 0 amide bonds. The van der Waals surface area contributed by atoms with E-state index in [-0.39, 0.29) is 0 Å². The maximum atomic E-state index is 5.42. The van der Waals surface area contributed by atoms with Crippen molar-refractivity contribution in [3.8, 4) is 0 Å². The number of morpholine rings is 1. The molecular weight excluding hydrogens is 288 g/mol. The van der Waals surface area contributed by atoms with E-state index in [2.05, 4.69) is 36.3 Å². The second-order valence-electron chi connectivity index (χ2n) is 7.30. The van der Waals surface area contributed by atoms with Crippen molar-refractivity contribution >= 4 is 5.96 Å². The molecule has 0 aromatic heterocycles. The summed E-state index contributed by atoms with van der Waals surface area (Å²) in [6.07, 6.45) is 5.33. The monoisotopic (exact) mass is 324 g/mol. The molecule has 1 atom stereocenters. The minimum atomic E-state index is 0.488. The molecule has 2 fully saturated rings. The normalized spacial score (nSPS) is 23.2. The lowest BCUT2D eigenvalue weighted by Crippen LogP contribution is -2.44. The van der Waals surface area contributed by atoms with E-state index in [1.54, 1.807) is 0 Å². The molecule has 0 aromatic carbocycles. The molecule has 2 aliphatic rings. The third kappa shape index (κ3) is 5.96. The number of aliphatic imine (C=N–C) groups is 1. The molecular formula is C18H36N4O. The van der Waals surface area contributed by atoms with Gasteiger partial charge < -0.3 is 15.4 Å². The maximum Gasteiger partial charge on any atom is 0.191 e. The van der Waals surface area contributed by atoms with Gasteiger partial charge in [-0.15, -0.1) is 0 Å². The number of ether oxygens (including phenoxy) is 1. The van der Waals surface area contributed by atoms with Crippen LogP contribution in [0.2, 0.25) is 0 Å². The molecule has 1 heterocycles. The second kappa shape index (κ2) is 9.48. The van der Waals surface area contributed by atoms with Crippen molar-refractivity contribution in [2.24, 2.45) is 16.3 Å². The van der Waals surface area contributed by atoms with Crippen molar-refractivity contribution in [1.82, 2.24) is 15.5 Å². The first-order valence-corrected chi connectivity index (χ1v) is 9.50. The largest absolute Gasteiger partial charge is 0.379 e. The topological polar surface area (TPSA) is 48.9 Å². The molecule has 23 heavy (non-hydrogen) atoms. The third-order valence-corrected chi connectivity index (χ3v) is 5.37. The quantitative estimate of drug-likeness (QED) is 0.530. The number of guanidine groups is 1. The molecule has 0 aromatic rings. The average Bonchev–Trinajstić information content (AvgIpc) is 2.53. The first-order valence-electron chi connectivity index (χ1n) is 9.50. The molecule has 1 aliphatic heterocycles. The number of hydrogen-bond donors (Lipinski definition) is 2. The van der Waals surface area contributed by atoms with Gasteiger partial charge in [0.15, 0.2) is 5.96 Å². The van der Waals surface area contributed by atoms with Gasteiger partial charge >= 0.3 is 0 Å². The Kier molecular flexibility index (Phi) is 7.63. The van der Waals surface area contributed by atoms with Crippen LogP contribution in [-0.2, 0) is 4.74 Å². The number of rotatable bonds is 8. The molecule has 0 bridgehead atoms. The van der Waals surface area contributed by atoms with Gasteiger partial charge in [-0.25, -0.2) is 0 Å². The van der Waals surface area contributed by atoms with Crippen LogP contribution in [0.4, 0.5) is 0 Å². The summed E-state index contributed by atoms with van der Waals surface area (Å²) >= 11 is 0. The van der Waals surface area contributed by atoms with Gasteiger partial charge in [0.2, 0.25) is 0 Å². The van der Waals surface area contributed by atoms with Gasteiger partial charge in [-0.1, -0.05) is 20.3 Å². The Morgan fingerprint density at radius 3 is 2.52 bits per heavy atom. The van der Waals surface area contributed by atoms with Crippen LogP contribution in [0, 0.1) is 11.3 Å². The van der Waals surface area contributed by atoms with Crippen LogP contribution >= 0.6 is 0 Å². The lowest BCUT2D eigenvalue weighted by molar-refractivity contribution is 0.0320. The summed E-state index contributed by atoms with van der Waals surface area (Å²) in [6, 6.07) is 0. The minimum Gasteiger partial charge on any atom is -0.379 e. The SMILES string of the molecule is CCNC(=NCC1(CC)CCC1)NCC(C)CN1CCOCC1. The van der Waals surface area contributed by atoms with E-state index in [0.717, 1.165) is 58.4 Å². The zero-order valence-electron chi connectivity index (χ0n) is 15.4. The molecule has 1 saturated heterocycles. The summed E-state index contributed by atoms with van der Waals surface area (Å²) in [5.41, 5.74) is 0.488. The van der Waals surface area contributed by atoms with Crippen LogP contribution in [0.25, 0.3) is 0 Å². The Balaban J connectivity index is 1.74. The number of nitrogens with zero attached hydrogens (tertiary/aromatic N) is 2. The minimum absolute atomic E-state index is 0.488. The molecule has 134 valence electrons. The Hall–Kier alpha value is -0.810. The van der Waals surface area contributed by atoms with E-state index >= 15 is 0 Å². The van der Waals surface area contributed by atoms with Gasteiger partial charge in [0, 0.05) is 39.3 Å². The van der Waals surface area contributed by atoms with E-state index in [1.807, 2.05) is 0 Å². The standard InChI is InChI=1S/C18H36N4O/c1-4-18(7-6-8-18)15-21-17(19-5-2)20-13-16(3)14-22-9-11-23-12-10-22/h16H,4-15H2,1-3H3,(H2,19,20,21). The maximum absolute atomic E-state index is 5.42. The fraction of sp³-hybridized carbons (Fsp3) is 0.944. The molecule has 0 spiro atoms. The molecule has 1 saturated carbocycles. The summed E-state index contributed by atoms with van der Waals surface area (Å²) in [6.45, 7) is 14.6. The van der Waals surface area contributed by atoms with Gasteiger partial charge in [0.1, 0.15) is 0 Å². The van der Waals surface area contributed by atoms with Crippen LogP contribution in [0.5, 0.6) is 0 Å². The van der Waals surface area contributed by atoms with Crippen LogP contribution in [-0.4, -0.2) is 63.3 Å². The van der Waals surface area contributed by atoms with Crippen molar-refractivity contribution in [1.29, 1.82) is 0 Å². The molecule has 2 N–H and O–H groups in total. The number of nitrogens with one attached hydrogen (secondary N) is 2. The first-order chi connectivity index (χ1) is 11.2. The Morgan fingerprint density at radius 2 is 1.96 bits per heavy atom. The lowest BCUT2D eigenvalue weighted by atomic mass is 9.67. The second-order valence-corrected chi connectivity index (χ2v) is 7.30. The summed E-state index contributed by atoms with van der Waals surface area (Å²) in [5.74, 6) is 1.60. The lowest BCUT2D eigenvalue weighted by Gasteiger charge is -2.40. The highest BCUT2D eigenvalue weighted by atomic mass is 16.5. The Labute approximate surface area is 142 Å². The van der Waals surface area contributed by atoms with Crippen LogP contribution < -0.4 is 10.6 Å². The highest BCUT2D eigenvalue weighted by Gasteiger charge is 2.34. The van der Waals surface area contributed by atoms with Crippen molar-refractivity contribution in [2.75, 3.05) is 52.5 Å². The zero-order chi connectivity index (χ0) is 16.5. The third-order valence-electron chi connectivity index (χ3n) is 5.37. The van der Waals surface area contributed by atoms with Crippen LogP contribution in [0.1, 0.15) is 46.5 Å². The van der Waals surface area contributed by atoms with E-state index in [1.165, 1.54) is 25.7 Å². The smallest absolute Gasteiger partial charge is 0.191 e. The van der Waals surface area contributed by atoms with Crippen molar-refractivity contribution in [3.63, 3.8) is 0 Å². The van der Waals surface area contributed by atoms with Crippen LogP contribution in [0.15, 0.2) is 4.99 Å².